The Morgan fingerprint density at radius 3 is 2.50 bits per heavy atom. The maximum atomic E-state index is 12.8. The Kier molecular flexibility index (Phi) is 6.77. The molecular weight excluding hydrogens is 356 g/mol. The summed E-state index contributed by atoms with van der Waals surface area (Å²) in [6, 6.07) is 3.70. The molecule has 1 aromatic carbocycles. The molecule has 0 spiro atoms. The number of piperidine rings is 1. The maximum absolute atomic E-state index is 12.8. The summed E-state index contributed by atoms with van der Waals surface area (Å²) >= 11 is 0. The number of nitrogens with zero attached hydrogens (tertiary/aromatic N) is 1. The van der Waals surface area contributed by atoms with Gasteiger partial charge in [-0.1, -0.05) is 12.5 Å². The van der Waals surface area contributed by atoms with E-state index in [1.807, 2.05) is 0 Å². The molecule has 8 heteroatoms. The minimum atomic E-state index is -3.63. The molecule has 1 aromatic rings. The molecule has 1 unspecified atom stereocenters. The highest BCUT2D eigenvalue weighted by molar-refractivity contribution is 7.89. The van der Waals surface area contributed by atoms with Gasteiger partial charge >= 0.3 is 5.97 Å². The van der Waals surface area contributed by atoms with Crippen LogP contribution in [-0.2, 0) is 19.6 Å². The molecule has 1 saturated heterocycles. The van der Waals surface area contributed by atoms with Crippen molar-refractivity contribution in [2.45, 2.75) is 51.0 Å². The molecular formula is C18H26N2O5S. The third kappa shape index (κ3) is 4.62. The number of hydrogen-bond donors (Lipinski definition) is 1. The number of amides is 1. The van der Waals surface area contributed by atoms with Crippen LogP contribution in [0.5, 0.6) is 0 Å². The van der Waals surface area contributed by atoms with Crippen LogP contribution in [0.4, 0.5) is 0 Å². The zero-order valence-electron chi connectivity index (χ0n) is 15.4. The molecule has 1 atom stereocenters. The lowest BCUT2D eigenvalue weighted by Crippen LogP contribution is -2.40. The number of benzene rings is 1. The molecule has 0 saturated carbocycles. The summed E-state index contributed by atoms with van der Waals surface area (Å²) in [5.41, 5.74) is 0.871. The van der Waals surface area contributed by atoms with Gasteiger partial charge in [-0.2, -0.15) is 4.31 Å². The lowest BCUT2D eigenvalue weighted by molar-refractivity contribution is -0.144. The molecule has 1 N–H and O–H groups in total. The zero-order chi connectivity index (χ0) is 19.3. The van der Waals surface area contributed by atoms with E-state index in [-0.39, 0.29) is 17.1 Å². The van der Waals surface area contributed by atoms with Gasteiger partial charge in [-0.3, -0.25) is 4.79 Å². The van der Waals surface area contributed by atoms with Crippen molar-refractivity contribution in [3.63, 3.8) is 0 Å². The van der Waals surface area contributed by atoms with E-state index in [2.05, 4.69) is 5.32 Å². The van der Waals surface area contributed by atoms with Crippen molar-refractivity contribution in [1.82, 2.24) is 9.62 Å². The Balaban J connectivity index is 2.23. The van der Waals surface area contributed by atoms with Crippen LogP contribution in [0.1, 0.15) is 49.0 Å². The van der Waals surface area contributed by atoms with Gasteiger partial charge in [0.15, 0.2) is 0 Å². The first-order valence-corrected chi connectivity index (χ1v) is 10.3. The van der Waals surface area contributed by atoms with E-state index >= 15 is 0 Å². The second-order valence-electron chi connectivity index (χ2n) is 6.39. The number of carbonyl (C=O) groups is 2. The molecule has 0 bridgehead atoms. The normalized spacial score (nSPS) is 16.7. The summed E-state index contributed by atoms with van der Waals surface area (Å²) in [4.78, 5) is 24.3. The van der Waals surface area contributed by atoms with Gasteiger partial charge in [0.05, 0.1) is 11.5 Å². The quantitative estimate of drug-likeness (QED) is 0.758. The summed E-state index contributed by atoms with van der Waals surface area (Å²) in [6.45, 7) is 6.16. The van der Waals surface area contributed by atoms with Crippen LogP contribution in [0.15, 0.2) is 23.1 Å². The lowest BCUT2D eigenvalue weighted by atomic mass is 10.1. The van der Waals surface area contributed by atoms with Crippen molar-refractivity contribution in [2.24, 2.45) is 0 Å². The van der Waals surface area contributed by atoms with Crippen LogP contribution in [0, 0.1) is 6.92 Å². The van der Waals surface area contributed by atoms with E-state index in [9.17, 15) is 18.0 Å². The molecule has 7 nitrogen and oxygen atoms in total. The highest BCUT2D eigenvalue weighted by Gasteiger charge is 2.27. The molecule has 1 fully saturated rings. The minimum absolute atomic E-state index is 0.0962. The highest BCUT2D eigenvalue weighted by Crippen LogP contribution is 2.23. The fraction of sp³-hybridized carbons (Fsp3) is 0.556. The first-order chi connectivity index (χ1) is 12.3. The number of sulfonamides is 1. The monoisotopic (exact) mass is 382 g/mol. The third-order valence-corrected chi connectivity index (χ3v) is 6.29. The fourth-order valence-electron chi connectivity index (χ4n) is 2.86. The largest absolute Gasteiger partial charge is 0.464 e. The number of carbonyl (C=O) groups excluding carboxylic acids is 2. The number of ether oxygens (including phenoxy) is 1. The van der Waals surface area contributed by atoms with Crippen LogP contribution >= 0.6 is 0 Å². The van der Waals surface area contributed by atoms with Crippen molar-refractivity contribution < 1.29 is 22.7 Å². The Bertz CT molecular complexity index is 770. The van der Waals surface area contributed by atoms with Crippen LogP contribution < -0.4 is 5.32 Å². The topological polar surface area (TPSA) is 92.8 Å². The molecule has 0 radical (unpaired) electrons. The van der Waals surface area contributed by atoms with Crippen LogP contribution in [0.25, 0.3) is 0 Å². The summed E-state index contributed by atoms with van der Waals surface area (Å²) in [7, 11) is -3.63. The summed E-state index contributed by atoms with van der Waals surface area (Å²) in [6.07, 6.45) is 2.71. The number of rotatable bonds is 6. The minimum Gasteiger partial charge on any atom is -0.464 e. The molecule has 0 aromatic heterocycles. The number of esters is 1. The van der Waals surface area contributed by atoms with Crippen molar-refractivity contribution in [1.29, 1.82) is 0 Å². The summed E-state index contributed by atoms with van der Waals surface area (Å²) in [5, 5.41) is 2.56. The van der Waals surface area contributed by atoms with Crippen LogP contribution in [0.3, 0.4) is 0 Å². The molecule has 144 valence electrons. The van der Waals surface area contributed by atoms with Crippen molar-refractivity contribution in [3.8, 4) is 0 Å². The number of nitrogens with one attached hydrogen (secondary N) is 1. The van der Waals surface area contributed by atoms with Crippen molar-refractivity contribution >= 4 is 21.9 Å². The Morgan fingerprint density at radius 1 is 1.23 bits per heavy atom. The third-order valence-electron chi connectivity index (χ3n) is 4.39. The molecule has 2 rings (SSSR count). The van der Waals surface area contributed by atoms with E-state index in [0.29, 0.717) is 18.7 Å². The van der Waals surface area contributed by atoms with Gasteiger partial charge in [-0.15, -0.1) is 0 Å². The molecule has 1 aliphatic rings. The Labute approximate surface area is 154 Å². The van der Waals surface area contributed by atoms with E-state index in [1.54, 1.807) is 19.9 Å². The molecule has 1 heterocycles. The SMILES string of the molecule is CCOC(=O)C(C)NC(=O)c1cc(S(=O)(=O)N2CCCCC2)ccc1C. The molecule has 0 aliphatic carbocycles. The predicted molar refractivity (Wildman–Crippen MR) is 97.4 cm³/mol. The highest BCUT2D eigenvalue weighted by atomic mass is 32.2. The molecule has 1 aliphatic heterocycles. The van der Waals surface area contributed by atoms with Gasteiger partial charge in [-0.25, -0.2) is 13.2 Å². The average molecular weight is 382 g/mol. The van der Waals surface area contributed by atoms with Gasteiger partial charge in [0.1, 0.15) is 6.04 Å². The lowest BCUT2D eigenvalue weighted by Gasteiger charge is -2.26. The first kappa shape index (κ1) is 20.4. The number of hydrogen-bond acceptors (Lipinski definition) is 5. The van der Waals surface area contributed by atoms with E-state index < -0.39 is 27.9 Å². The second-order valence-corrected chi connectivity index (χ2v) is 8.33. The van der Waals surface area contributed by atoms with E-state index in [1.165, 1.54) is 23.4 Å². The van der Waals surface area contributed by atoms with Crippen molar-refractivity contribution in [2.75, 3.05) is 19.7 Å². The smallest absolute Gasteiger partial charge is 0.328 e. The van der Waals surface area contributed by atoms with E-state index in [0.717, 1.165) is 19.3 Å². The van der Waals surface area contributed by atoms with Crippen LogP contribution in [-0.4, -0.2) is 50.3 Å². The predicted octanol–water partition coefficient (Wildman–Crippen LogP) is 1.85. The summed E-state index contributed by atoms with van der Waals surface area (Å²) < 4.78 is 32.0. The zero-order valence-corrected chi connectivity index (χ0v) is 16.3. The Morgan fingerprint density at radius 2 is 1.88 bits per heavy atom. The maximum Gasteiger partial charge on any atom is 0.328 e. The van der Waals surface area contributed by atoms with E-state index in [4.69, 9.17) is 4.74 Å². The van der Waals surface area contributed by atoms with Crippen LogP contribution in [0.2, 0.25) is 0 Å². The van der Waals surface area contributed by atoms with Gasteiger partial charge in [-0.05, 0) is 51.3 Å². The summed E-state index contributed by atoms with van der Waals surface area (Å²) in [5.74, 6) is -1.03. The van der Waals surface area contributed by atoms with Gasteiger partial charge < -0.3 is 10.1 Å². The van der Waals surface area contributed by atoms with Gasteiger partial charge in [0, 0.05) is 18.7 Å². The average Bonchev–Trinajstić information content (AvgIpc) is 2.62. The second kappa shape index (κ2) is 8.64. The van der Waals surface area contributed by atoms with Gasteiger partial charge in [0.2, 0.25) is 10.0 Å². The first-order valence-electron chi connectivity index (χ1n) is 8.85. The number of aryl methyl sites for hydroxylation is 1. The van der Waals surface area contributed by atoms with Crippen molar-refractivity contribution in [3.05, 3.63) is 29.3 Å². The standard InChI is InChI=1S/C18H26N2O5S/c1-4-25-18(22)14(3)19-17(21)16-12-15(9-8-13(16)2)26(23,24)20-10-6-5-7-11-20/h8-9,12,14H,4-7,10-11H2,1-3H3,(H,19,21). The Hall–Kier alpha value is -1.93. The fourth-order valence-corrected chi connectivity index (χ4v) is 4.40. The molecule has 1 amide bonds. The molecule has 26 heavy (non-hydrogen) atoms. The van der Waals surface area contributed by atoms with Gasteiger partial charge in [0.25, 0.3) is 5.91 Å².